The predicted molar refractivity (Wildman–Crippen MR) is 127 cm³/mol. The molecule has 0 fully saturated rings. The molecule has 0 unspecified atom stereocenters. The van der Waals surface area contributed by atoms with Gasteiger partial charge in [-0.25, -0.2) is 0 Å². The zero-order valence-corrected chi connectivity index (χ0v) is 19.0. The van der Waals surface area contributed by atoms with Crippen molar-refractivity contribution in [2.45, 2.75) is 12.8 Å². The van der Waals surface area contributed by atoms with Crippen molar-refractivity contribution >= 4 is 31.6 Å². The van der Waals surface area contributed by atoms with Gasteiger partial charge in [0, 0.05) is 0 Å². The molecular weight excluding hydrogens is 438 g/mol. The van der Waals surface area contributed by atoms with Crippen molar-refractivity contribution in [3.63, 3.8) is 0 Å². The third-order valence-corrected chi connectivity index (χ3v) is 10.3. The summed E-state index contributed by atoms with van der Waals surface area (Å²) < 4.78 is 6.81. The standard InChI is InChI=1S/C26H25OPSe/c29-28(20-18-22-10-3-1-4-11-22,21-19-23-12-5-2-6-13-23)27-26-17-9-15-24-14-7-8-16-25(24)26/h1-17H,18-21H2. The predicted octanol–water partition coefficient (Wildman–Crippen LogP) is 6.72. The van der Waals surface area contributed by atoms with Crippen LogP contribution in [0.2, 0.25) is 0 Å². The van der Waals surface area contributed by atoms with E-state index < -0.39 is 5.74 Å². The van der Waals surface area contributed by atoms with E-state index in [2.05, 4.69) is 118 Å². The van der Waals surface area contributed by atoms with E-state index in [1.54, 1.807) is 0 Å². The van der Waals surface area contributed by atoms with Crippen LogP contribution in [-0.4, -0.2) is 27.4 Å². The minimum absolute atomic E-state index is 0.997. The van der Waals surface area contributed by atoms with Gasteiger partial charge in [0.05, 0.1) is 0 Å². The van der Waals surface area contributed by atoms with E-state index in [0.717, 1.165) is 30.9 Å². The van der Waals surface area contributed by atoms with E-state index in [1.807, 2.05) is 0 Å². The van der Waals surface area contributed by atoms with Crippen LogP contribution in [-0.2, 0) is 12.8 Å². The molecule has 0 radical (unpaired) electrons. The van der Waals surface area contributed by atoms with Crippen LogP contribution in [0.3, 0.4) is 0 Å². The van der Waals surface area contributed by atoms with Crippen molar-refractivity contribution in [2.24, 2.45) is 0 Å². The third-order valence-electron chi connectivity index (χ3n) is 5.18. The zero-order chi connectivity index (χ0) is 19.9. The fourth-order valence-electron chi connectivity index (χ4n) is 3.55. The van der Waals surface area contributed by atoms with Crippen molar-refractivity contribution < 1.29 is 4.52 Å². The molecule has 3 heteroatoms. The zero-order valence-electron chi connectivity index (χ0n) is 16.4. The van der Waals surface area contributed by atoms with Crippen molar-refractivity contribution in [1.29, 1.82) is 0 Å². The van der Waals surface area contributed by atoms with Crippen LogP contribution < -0.4 is 4.52 Å². The van der Waals surface area contributed by atoms with Crippen molar-refractivity contribution in [3.05, 3.63) is 114 Å². The Hall–Kier alpha value is -2.11. The molecule has 0 bridgehead atoms. The van der Waals surface area contributed by atoms with E-state index in [4.69, 9.17) is 4.52 Å². The van der Waals surface area contributed by atoms with Gasteiger partial charge in [-0.1, -0.05) is 0 Å². The molecule has 0 heterocycles. The van der Waals surface area contributed by atoms with Gasteiger partial charge in [0.2, 0.25) is 0 Å². The summed E-state index contributed by atoms with van der Waals surface area (Å²) in [4.78, 5) is 0. The molecule has 0 N–H and O–H groups in total. The first-order chi connectivity index (χ1) is 14.2. The fraction of sp³-hybridized carbons (Fsp3) is 0.154. The van der Waals surface area contributed by atoms with Crippen LogP contribution in [0.4, 0.5) is 0 Å². The Morgan fingerprint density at radius 1 is 0.586 bits per heavy atom. The van der Waals surface area contributed by atoms with Crippen LogP contribution in [0, 0.1) is 0 Å². The number of hydrogen-bond acceptors (Lipinski definition) is 1. The van der Waals surface area contributed by atoms with Gasteiger partial charge in [-0.05, 0) is 0 Å². The topological polar surface area (TPSA) is 9.23 Å². The number of fused-ring (bicyclic) bond motifs is 1. The van der Waals surface area contributed by atoms with Gasteiger partial charge in [0.25, 0.3) is 0 Å². The monoisotopic (exact) mass is 464 g/mol. The molecule has 0 aliphatic rings. The summed E-state index contributed by atoms with van der Waals surface area (Å²) >= 11 is 3.53. The molecule has 0 aliphatic carbocycles. The van der Waals surface area contributed by atoms with E-state index in [0.29, 0.717) is 0 Å². The summed E-state index contributed by atoms with van der Waals surface area (Å²) in [7, 11) is 0. The Morgan fingerprint density at radius 2 is 1.10 bits per heavy atom. The summed E-state index contributed by atoms with van der Waals surface area (Å²) in [6.07, 6.45) is 4.13. The van der Waals surface area contributed by atoms with E-state index >= 15 is 0 Å². The van der Waals surface area contributed by atoms with Crippen LogP contribution >= 0.6 is 5.74 Å². The molecule has 0 aliphatic heterocycles. The van der Waals surface area contributed by atoms with Crippen LogP contribution in [0.25, 0.3) is 10.8 Å². The molecular formula is C26H25OPSe. The van der Waals surface area contributed by atoms with Gasteiger partial charge in [-0.15, -0.1) is 0 Å². The molecule has 0 saturated heterocycles. The molecule has 146 valence electrons. The molecule has 0 aromatic heterocycles. The summed E-state index contributed by atoms with van der Waals surface area (Å²) in [5, 5.41) is 2.41. The van der Waals surface area contributed by atoms with Crippen LogP contribution in [0.1, 0.15) is 11.1 Å². The van der Waals surface area contributed by atoms with Gasteiger partial charge in [-0.3, -0.25) is 0 Å². The van der Waals surface area contributed by atoms with Gasteiger partial charge in [0.15, 0.2) is 0 Å². The molecule has 29 heavy (non-hydrogen) atoms. The quantitative estimate of drug-likeness (QED) is 0.208. The Kier molecular flexibility index (Phi) is 6.67. The molecule has 0 atom stereocenters. The fourth-order valence-corrected chi connectivity index (χ4v) is 7.32. The second-order valence-electron chi connectivity index (χ2n) is 7.30. The molecule has 0 amide bonds. The second kappa shape index (κ2) is 9.59. The number of benzene rings is 4. The molecule has 1 nitrogen and oxygen atoms in total. The average molecular weight is 463 g/mol. The molecule has 0 saturated carbocycles. The average Bonchev–Trinajstić information content (AvgIpc) is 2.78. The number of rotatable bonds is 8. The summed E-state index contributed by atoms with van der Waals surface area (Å²) in [5.41, 5.74) is 0.986. The van der Waals surface area contributed by atoms with Crippen molar-refractivity contribution in [3.8, 4) is 5.75 Å². The maximum atomic E-state index is 6.81. The number of aryl methyl sites for hydroxylation is 2. The van der Waals surface area contributed by atoms with Gasteiger partial charge < -0.3 is 0 Å². The normalized spacial score (nSPS) is 11.4. The third kappa shape index (κ3) is 5.49. The minimum atomic E-state index is -1.75. The van der Waals surface area contributed by atoms with Crippen molar-refractivity contribution in [1.82, 2.24) is 0 Å². The summed E-state index contributed by atoms with van der Waals surface area (Å²) in [5.74, 6) is 0.997. The van der Waals surface area contributed by atoms with Crippen LogP contribution in [0.15, 0.2) is 103 Å². The first-order valence-corrected chi connectivity index (χ1v) is 14.3. The summed E-state index contributed by atoms with van der Waals surface area (Å²) in [6.45, 7) is 0. The van der Waals surface area contributed by atoms with Gasteiger partial charge in [0.1, 0.15) is 0 Å². The maximum absolute atomic E-state index is 6.81. The summed E-state index contributed by atoms with van der Waals surface area (Å²) in [6, 6.07) is 36.3. The van der Waals surface area contributed by atoms with E-state index in [1.165, 1.54) is 21.9 Å². The second-order valence-corrected chi connectivity index (χ2v) is 14.2. The van der Waals surface area contributed by atoms with E-state index in [9.17, 15) is 0 Å². The first-order valence-electron chi connectivity index (χ1n) is 10.1. The van der Waals surface area contributed by atoms with E-state index in [-0.39, 0.29) is 0 Å². The molecule has 4 aromatic rings. The number of hydrogen-bond donors (Lipinski definition) is 0. The Morgan fingerprint density at radius 3 is 1.72 bits per heavy atom. The molecule has 4 rings (SSSR count). The molecule has 0 spiro atoms. The van der Waals surface area contributed by atoms with Gasteiger partial charge in [-0.2, -0.15) is 0 Å². The van der Waals surface area contributed by atoms with Crippen molar-refractivity contribution in [2.75, 3.05) is 12.3 Å². The Bertz CT molecular complexity index is 1060. The molecule has 4 aromatic carbocycles. The Labute approximate surface area is 181 Å². The first kappa shape index (κ1) is 20.2. The van der Waals surface area contributed by atoms with Gasteiger partial charge >= 0.3 is 181 Å². The SMILES string of the molecule is [Se]=P(CCc1ccccc1)(CCc1ccccc1)Oc1cccc2ccccc12. The van der Waals surface area contributed by atoms with Crippen LogP contribution in [0.5, 0.6) is 5.75 Å². The Balaban J connectivity index is 1.58.